The van der Waals surface area contributed by atoms with Gasteiger partial charge >= 0.3 is 0 Å². The minimum atomic E-state index is -0.794. The zero-order valence-electron chi connectivity index (χ0n) is 15.4. The summed E-state index contributed by atoms with van der Waals surface area (Å²) in [6, 6.07) is 8.07. The van der Waals surface area contributed by atoms with E-state index in [1.165, 1.54) is 0 Å². The molecule has 2 rings (SSSR count). The summed E-state index contributed by atoms with van der Waals surface area (Å²) in [7, 11) is 1.80. The van der Waals surface area contributed by atoms with E-state index in [2.05, 4.69) is 16.7 Å². The van der Waals surface area contributed by atoms with E-state index in [1.807, 2.05) is 32.0 Å². The Bertz CT molecular complexity index is 686. The van der Waals surface area contributed by atoms with E-state index in [1.54, 1.807) is 14.0 Å². The monoisotopic (exact) mass is 343 g/mol. The first-order valence-electron chi connectivity index (χ1n) is 8.65. The predicted molar refractivity (Wildman–Crippen MR) is 96.1 cm³/mol. The van der Waals surface area contributed by atoms with Gasteiger partial charge in [0.05, 0.1) is 13.1 Å². The van der Waals surface area contributed by atoms with Crippen LogP contribution < -0.4 is 15.5 Å². The molecule has 1 aliphatic rings. The van der Waals surface area contributed by atoms with Crippen LogP contribution in [0, 0.1) is 31.1 Å². The summed E-state index contributed by atoms with van der Waals surface area (Å²) in [6.45, 7) is 6.02. The van der Waals surface area contributed by atoms with E-state index >= 15 is 0 Å². The van der Waals surface area contributed by atoms with Gasteiger partial charge in [0.25, 0.3) is 11.8 Å². The molecule has 0 spiro atoms. The molecule has 134 valence electrons. The fraction of sp³-hybridized carbons (Fsp3) is 0.526. The average Bonchev–Trinajstić information content (AvgIpc) is 3.35. The second-order valence-corrected chi connectivity index (χ2v) is 7.26. The lowest BCUT2D eigenvalue weighted by Crippen LogP contribution is -3.11. The van der Waals surface area contributed by atoms with E-state index in [0.29, 0.717) is 0 Å². The Morgan fingerprint density at radius 2 is 1.80 bits per heavy atom. The van der Waals surface area contributed by atoms with Crippen LogP contribution in [0.2, 0.25) is 0 Å². The van der Waals surface area contributed by atoms with Crippen LogP contribution in [0.25, 0.3) is 0 Å². The molecule has 0 heterocycles. The van der Waals surface area contributed by atoms with Gasteiger partial charge < -0.3 is 15.5 Å². The molecular weight excluding hydrogens is 316 g/mol. The summed E-state index contributed by atoms with van der Waals surface area (Å²) in [4.78, 5) is 25.2. The molecule has 0 aliphatic heterocycles. The number of likely N-dealkylation sites (N-methyl/N-ethyl adjacent to an activating group) is 1. The number of nitriles is 1. The fourth-order valence-electron chi connectivity index (χ4n) is 3.02. The summed E-state index contributed by atoms with van der Waals surface area (Å²) in [5.41, 5.74) is 2.06. The highest BCUT2D eigenvalue weighted by Gasteiger charge is 2.43. The zero-order valence-corrected chi connectivity index (χ0v) is 15.4. The third-order valence-electron chi connectivity index (χ3n) is 4.70. The van der Waals surface area contributed by atoms with Crippen molar-refractivity contribution < 1.29 is 14.5 Å². The smallest absolute Gasteiger partial charge is 0.279 e. The van der Waals surface area contributed by atoms with Crippen LogP contribution in [0.1, 0.15) is 30.9 Å². The van der Waals surface area contributed by atoms with Gasteiger partial charge in [0.2, 0.25) is 0 Å². The molecule has 0 bridgehead atoms. The number of anilines is 1. The number of aryl methyl sites for hydroxylation is 2. The number of quaternary nitrogens is 1. The summed E-state index contributed by atoms with van der Waals surface area (Å²) >= 11 is 0. The van der Waals surface area contributed by atoms with Gasteiger partial charge in [-0.3, -0.25) is 9.59 Å². The van der Waals surface area contributed by atoms with E-state index in [-0.39, 0.29) is 30.8 Å². The molecule has 1 fully saturated rings. The molecule has 0 saturated heterocycles. The third-order valence-corrected chi connectivity index (χ3v) is 4.70. The maximum Gasteiger partial charge on any atom is 0.279 e. The number of amides is 2. The topological polar surface area (TPSA) is 86.4 Å². The van der Waals surface area contributed by atoms with Crippen LogP contribution in [0.5, 0.6) is 0 Å². The standard InChI is InChI=1S/C19H26N4O2/c1-13-6-5-7-14(2)18(13)21-16(24)10-23(4)11-17(25)22-19(3,12-20)15-8-9-15/h5-7,15H,8-11H2,1-4H3,(H,21,24)(H,22,25)/p+1/t19-/m0/s1. The van der Waals surface area contributed by atoms with Gasteiger partial charge in [0.15, 0.2) is 13.1 Å². The molecule has 2 atom stereocenters. The van der Waals surface area contributed by atoms with Crippen LogP contribution in [0.15, 0.2) is 18.2 Å². The van der Waals surface area contributed by atoms with Crippen molar-refractivity contribution in [1.29, 1.82) is 5.26 Å². The van der Waals surface area contributed by atoms with Crippen molar-refractivity contribution in [3.63, 3.8) is 0 Å². The van der Waals surface area contributed by atoms with Crippen molar-refractivity contribution in [3.8, 4) is 6.07 Å². The average molecular weight is 343 g/mol. The van der Waals surface area contributed by atoms with Crippen molar-refractivity contribution in [1.82, 2.24) is 5.32 Å². The largest absolute Gasteiger partial charge is 0.333 e. The molecule has 1 saturated carbocycles. The Hall–Kier alpha value is -2.39. The first-order valence-corrected chi connectivity index (χ1v) is 8.65. The minimum absolute atomic E-state index is 0.132. The third kappa shape index (κ3) is 5.04. The van der Waals surface area contributed by atoms with Crippen LogP contribution >= 0.6 is 0 Å². The van der Waals surface area contributed by atoms with E-state index in [9.17, 15) is 14.9 Å². The summed E-state index contributed by atoms with van der Waals surface area (Å²) in [6.07, 6.45) is 1.95. The summed E-state index contributed by atoms with van der Waals surface area (Å²) in [5.74, 6) is -0.0876. The summed E-state index contributed by atoms with van der Waals surface area (Å²) in [5, 5.41) is 15.1. The van der Waals surface area contributed by atoms with Gasteiger partial charge in [-0.1, -0.05) is 18.2 Å². The Balaban J connectivity index is 1.85. The molecular formula is C19H27N4O2+. The Labute approximate surface area is 149 Å². The lowest BCUT2D eigenvalue weighted by molar-refractivity contribution is -0.862. The summed E-state index contributed by atoms with van der Waals surface area (Å²) < 4.78 is 0. The lowest BCUT2D eigenvalue weighted by Gasteiger charge is -2.23. The molecule has 6 heteroatoms. The highest BCUT2D eigenvalue weighted by molar-refractivity contribution is 5.93. The quantitative estimate of drug-likeness (QED) is 0.676. The van der Waals surface area contributed by atoms with Crippen LogP contribution in [0.3, 0.4) is 0 Å². The molecule has 1 aromatic rings. The molecule has 25 heavy (non-hydrogen) atoms. The number of hydrogen-bond donors (Lipinski definition) is 3. The SMILES string of the molecule is Cc1cccc(C)c1NC(=O)C[NH+](C)CC(=O)N[C@@](C)(C#N)C1CC1. The number of para-hydroxylation sites is 1. The van der Waals surface area contributed by atoms with Crippen molar-refractivity contribution in [3.05, 3.63) is 29.3 Å². The number of benzene rings is 1. The molecule has 2 amide bonds. The van der Waals surface area contributed by atoms with Gasteiger partial charge in [-0.25, -0.2) is 0 Å². The Morgan fingerprint density at radius 3 is 2.32 bits per heavy atom. The fourth-order valence-corrected chi connectivity index (χ4v) is 3.02. The van der Waals surface area contributed by atoms with Gasteiger partial charge in [-0.2, -0.15) is 5.26 Å². The molecule has 6 nitrogen and oxygen atoms in total. The first kappa shape index (κ1) is 18.9. The maximum atomic E-state index is 12.3. The molecule has 0 radical (unpaired) electrons. The number of hydrogen-bond acceptors (Lipinski definition) is 3. The lowest BCUT2D eigenvalue weighted by atomic mass is 9.98. The number of nitrogens with zero attached hydrogens (tertiary/aromatic N) is 1. The molecule has 1 aromatic carbocycles. The predicted octanol–water partition coefficient (Wildman–Crippen LogP) is 0.565. The number of rotatable bonds is 7. The van der Waals surface area contributed by atoms with E-state index in [0.717, 1.165) is 34.6 Å². The maximum absolute atomic E-state index is 12.3. The Kier molecular flexibility index (Phi) is 5.81. The van der Waals surface area contributed by atoms with Crippen LogP contribution in [0.4, 0.5) is 5.69 Å². The highest BCUT2D eigenvalue weighted by atomic mass is 16.2. The van der Waals surface area contributed by atoms with Gasteiger partial charge in [0, 0.05) is 5.69 Å². The van der Waals surface area contributed by atoms with Gasteiger partial charge in [-0.15, -0.1) is 0 Å². The Morgan fingerprint density at radius 1 is 1.24 bits per heavy atom. The molecule has 0 aromatic heterocycles. The normalized spacial score (nSPS) is 17.1. The van der Waals surface area contributed by atoms with Gasteiger partial charge in [0.1, 0.15) is 5.54 Å². The van der Waals surface area contributed by atoms with Crippen molar-refractivity contribution >= 4 is 17.5 Å². The second kappa shape index (κ2) is 7.66. The van der Waals surface area contributed by atoms with Crippen molar-refractivity contribution in [2.75, 3.05) is 25.5 Å². The highest BCUT2D eigenvalue weighted by Crippen LogP contribution is 2.39. The van der Waals surface area contributed by atoms with Crippen molar-refractivity contribution in [2.24, 2.45) is 5.92 Å². The minimum Gasteiger partial charge on any atom is -0.333 e. The molecule has 1 unspecified atom stereocenters. The second-order valence-electron chi connectivity index (χ2n) is 7.26. The number of nitrogens with one attached hydrogen (secondary N) is 3. The molecule has 1 aliphatic carbocycles. The van der Waals surface area contributed by atoms with Gasteiger partial charge in [-0.05, 0) is 50.7 Å². The van der Waals surface area contributed by atoms with E-state index in [4.69, 9.17) is 0 Å². The van der Waals surface area contributed by atoms with Crippen LogP contribution in [-0.2, 0) is 9.59 Å². The first-order chi connectivity index (χ1) is 11.7. The van der Waals surface area contributed by atoms with Crippen LogP contribution in [-0.4, -0.2) is 37.5 Å². The zero-order chi connectivity index (χ0) is 18.6. The van der Waals surface area contributed by atoms with Crippen molar-refractivity contribution in [2.45, 2.75) is 39.2 Å². The number of carbonyl (C=O) groups is 2. The van der Waals surface area contributed by atoms with E-state index < -0.39 is 5.54 Å². The number of carbonyl (C=O) groups excluding carboxylic acids is 2. The molecule has 3 N–H and O–H groups in total.